The van der Waals surface area contributed by atoms with Gasteiger partial charge in [0.05, 0.1) is 18.3 Å². The van der Waals surface area contributed by atoms with Crippen LogP contribution in [0.15, 0.2) is 65.7 Å². The zero-order chi connectivity index (χ0) is 15.9. The number of nitrogens with one attached hydrogen (secondary N) is 1. The Morgan fingerprint density at radius 3 is 2.22 bits per heavy atom. The van der Waals surface area contributed by atoms with E-state index < -0.39 is 0 Å². The van der Waals surface area contributed by atoms with Crippen LogP contribution in [0, 0.1) is 0 Å². The zero-order valence-corrected chi connectivity index (χ0v) is 14.3. The fourth-order valence-electron chi connectivity index (χ4n) is 2.38. The zero-order valence-electron chi connectivity index (χ0n) is 12.6. The molecule has 118 valence electrons. The summed E-state index contributed by atoms with van der Waals surface area (Å²) in [5.74, 6) is 1.46. The quantitative estimate of drug-likeness (QED) is 0.900. The second kappa shape index (κ2) is 8.22. The van der Waals surface area contributed by atoms with Crippen LogP contribution in [0.25, 0.3) is 0 Å². The molecule has 0 unspecified atom stereocenters. The van der Waals surface area contributed by atoms with Crippen LogP contribution in [0.5, 0.6) is 0 Å². The van der Waals surface area contributed by atoms with Gasteiger partial charge < -0.3 is 5.32 Å². The number of benzene rings is 2. The Kier molecular flexibility index (Phi) is 5.77. The first-order valence-electron chi connectivity index (χ1n) is 7.52. The predicted octanol–water partition coefficient (Wildman–Crippen LogP) is 3.73. The lowest BCUT2D eigenvalue weighted by atomic mass is 9.99. The lowest BCUT2D eigenvalue weighted by molar-refractivity contribution is -0.119. The smallest absolute Gasteiger partial charge is 0.231 e. The molecule has 0 atom stereocenters. The van der Waals surface area contributed by atoms with Gasteiger partial charge in [-0.2, -0.15) is 0 Å². The van der Waals surface area contributed by atoms with Gasteiger partial charge >= 0.3 is 0 Å². The van der Waals surface area contributed by atoms with Gasteiger partial charge in [0.1, 0.15) is 4.38 Å². The van der Waals surface area contributed by atoms with E-state index in [0.29, 0.717) is 5.75 Å². The third kappa shape index (κ3) is 4.62. The molecule has 0 aromatic heterocycles. The van der Waals surface area contributed by atoms with E-state index in [1.165, 1.54) is 11.8 Å². The molecule has 3 nitrogen and oxygen atoms in total. The third-order valence-electron chi connectivity index (χ3n) is 3.46. The summed E-state index contributed by atoms with van der Waals surface area (Å²) in [6.07, 6.45) is 0. The number of carbonyl (C=O) groups is 1. The fourth-order valence-corrected chi connectivity index (χ4v) is 4.20. The minimum atomic E-state index is -0.122. The molecule has 1 aliphatic rings. The van der Waals surface area contributed by atoms with E-state index in [1.807, 2.05) is 60.7 Å². The van der Waals surface area contributed by atoms with Gasteiger partial charge in [0.25, 0.3) is 0 Å². The van der Waals surface area contributed by atoms with Crippen molar-refractivity contribution in [1.82, 2.24) is 5.32 Å². The van der Waals surface area contributed by atoms with Gasteiger partial charge in [-0.3, -0.25) is 9.79 Å². The lowest BCUT2D eigenvalue weighted by Crippen LogP contribution is -2.30. The molecule has 2 aromatic rings. The summed E-state index contributed by atoms with van der Waals surface area (Å²) in [6, 6.07) is 20.0. The van der Waals surface area contributed by atoms with Gasteiger partial charge in [-0.1, -0.05) is 84.2 Å². The average molecular weight is 342 g/mol. The molecule has 0 saturated carbocycles. The van der Waals surface area contributed by atoms with Gasteiger partial charge in [0.15, 0.2) is 0 Å². The molecule has 0 aliphatic carbocycles. The molecule has 5 heteroatoms. The number of rotatable bonds is 5. The Morgan fingerprint density at radius 1 is 1.09 bits per heavy atom. The first-order chi connectivity index (χ1) is 11.3. The third-order valence-corrected chi connectivity index (χ3v) is 5.71. The second-order valence-electron chi connectivity index (χ2n) is 5.11. The van der Waals surface area contributed by atoms with Crippen molar-refractivity contribution in [1.29, 1.82) is 0 Å². The number of carbonyl (C=O) groups excluding carboxylic acids is 1. The number of nitrogens with zero attached hydrogens (tertiary/aromatic N) is 1. The van der Waals surface area contributed by atoms with Gasteiger partial charge in [-0.25, -0.2) is 0 Å². The summed E-state index contributed by atoms with van der Waals surface area (Å²) in [5, 5.41) is 3.15. The molecule has 2 aromatic carbocycles. The van der Waals surface area contributed by atoms with Crippen molar-refractivity contribution in [2.75, 3.05) is 18.1 Å². The normalized spacial score (nSPS) is 13.9. The Hall–Kier alpha value is -1.72. The first-order valence-corrected chi connectivity index (χ1v) is 9.49. The molecule has 1 heterocycles. The topological polar surface area (TPSA) is 41.5 Å². The molecule has 0 saturated heterocycles. The molecule has 0 radical (unpaired) electrons. The standard InChI is InChI=1S/C18H18N2OS2/c21-16(13-23-18-19-11-12-22-18)20-17(14-7-3-1-4-8-14)15-9-5-2-6-10-15/h1-10,17H,11-13H2,(H,20,21). The van der Waals surface area contributed by atoms with E-state index in [9.17, 15) is 4.79 Å². The minimum Gasteiger partial charge on any atom is -0.344 e. The Bertz CT molecular complexity index is 634. The number of hydrogen-bond donors (Lipinski definition) is 1. The summed E-state index contributed by atoms with van der Waals surface area (Å²) in [4.78, 5) is 16.7. The van der Waals surface area contributed by atoms with Crippen molar-refractivity contribution in [2.45, 2.75) is 6.04 Å². The van der Waals surface area contributed by atoms with Crippen molar-refractivity contribution in [3.8, 4) is 0 Å². The summed E-state index contributed by atoms with van der Waals surface area (Å²) >= 11 is 3.25. The van der Waals surface area contributed by atoms with Crippen LogP contribution < -0.4 is 5.32 Å². The van der Waals surface area contributed by atoms with Gasteiger partial charge in [0, 0.05) is 5.75 Å². The maximum atomic E-state index is 12.4. The highest BCUT2D eigenvalue weighted by Gasteiger charge is 2.17. The van der Waals surface area contributed by atoms with Gasteiger partial charge in [-0.05, 0) is 11.1 Å². The highest BCUT2D eigenvalue weighted by molar-refractivity contribution is 8.39. The highest BCUT2D eigenvalue weighted by Crippen LogP contribution is 2.24. The molecule has 1 N–H and O–H groups in total. The van der Waals surface area contributed by atoms with Crippen LogP contribution in [0.1, 0.15) is 17.2 Å². The molecule has 23 heavy (non-hydrogen) atoms. The van der Waals surface area contributed by atoms with Gasteiger partial charge in [0.2, 0.25) is 5.91 Å². The molecular weight excluding hydrogens is 324 g/mol. The van der Waals surface area contributed by atoms with Crippen molar-refractivity contribution < 1.29 is 4.79 Å². The fraction of sp³-hybridized carbons (Fsp3) is 0.222. The number of hydrogen-bond acceptors (Lipinski definition) is 4. The van der Waals surface area contributed by atoms with Crippen LogP contribution in [0.3, 0.4) is 0 Å². The first kappa shape index (κ1) is 16.1. The van der Waals surface area contributed by atoms with E-state index in [1.54, 1.807) is 11.8 Å². The number of thioether (sulfide) groups is 2. The Morgan fingerprint density at radius 2 is 1.70 bits per heavy atom. The van der Waals surface area contributed by atoms with Crippen LogP contribution in [-0.4, -0.2) is 28.3 Å². The molecular formula is C18H18N2OS2. The van der Waals surface area contributed by atoms with Crippen LogP contribution in [0.4, 0.5) is 0 Å². The average Bonchev–Trinajstić information content (AvgIpc) is 3.13. The summed E-state index contributed by atoms with van der Waals surface area (Å²) in [6.45, 7) is 0.866. The molecule has 1 aliphatic heterocycles. The minimum absolute atomic E-state index is 0.0305. The molecule has 0 fully saturated rings. The monoisotopic (exact) mass is 342 g/mol. The molecule has 1 amide bonds. The van der Waals surface area contributed by atoms with E-state index in [2.05, 4.69) is 10.3 Å². The van der Waals surface area contributed by atoms with Gasteiger partial charge in [-0.15, -0.1) is 0 Å². The van der Waals surface area contributed by atoms with Crippen molar-refractivity contribution in [2.24, 2.45) is 4.99 Å². The maximum Gasteiger partial charge on any atom is 0.231 e. The van der Waals surface area contributed by atoms with Crippen molar-refractivity contribution in [3.05, 3.63) is 71.8 Å². The van der Waals surface area contributed by atoms with E-state index >= 15 is 0 Å². The van der Waals surface area contributed by atoms with E-state index in [4.69, 9.17) is 0 Å². The number of amides is 1. The maximum absolute atomic E-state index is 12.4. The van der Waals surface area contributed by atoms with Crippen molar-refractivity contribution >= 4 is 33.8 Å². The van der Waals surface area contributed by atoms with E-state index in [-0.39, 0.29) is 11.9 Å². The molecule has 0 spiro atoms. The van der Waals surface area contributed by atoms with Crippen LogP contribution >= 0.6 is 23.5 Å². The highest BCUT2D eigenvalue weighted by atomic mass is 32.2. The van der Waals surface area contributed by atoms with Crippen LogP contribution in [-0.2, 0) is 4.79 Å². The Balaban J connectivity index is 1.70. The summed E-state index contributed by atoms with van der Waals surface area (Å²) in [5.41, 5.74) is 2.18. The largest absolute Gasteiger partial charge is 0.344 e. The number of aliphatic imine (C=N–C) groups is 1. The Labute approximate surface area is 145 Å². The molecule has 3 rings (SSSR count). The SMILES string of the molecule is O=C(CSC1=NCCS1)NC(c1ccccc1)c1ccccc1. The molecule has 0 bridgehead atoms. The van der Waals surface area contributed by atoms with Crippen molar-refractivity contribution in [3.63, 3.8) is 0 Å². The van der Waals surface area contributed by atoms with Crippen LogP contribution in [0.2, 0.25) is 0 Å². The lowest BCUT2D eigenvalue weighted by Gasteiger charge is -2.19. The summed E-state index contributed by atoms with van der Waals surface area (Å²) < 4.78 is 1.02. The van der Waals surface area contributed by atoms with E-state index in [0.717, 1.165) is 27.8 Å². The second-order valence-corrected chi connectivity index (χ2v) is 7.41. The summed E-state index contributed by atoms with van der Waals surface area (Å²) in [7, 11) is 0. The predicted molar refractivity (Wildman–Crippen MR) is 100 cm³/mol.